The number of allylic oxidation sites excluding steroid dienone is 1. The van der Waals surface area contributed by atoms with Gasteiger partial charge in [-0.3, -0.25) is 0 Å². The minimum absolute atomic E-state index is 0.160. The van der Waals surface area contributed by atoms with Crippen LogP contribution in [-0.2, 0) is 17.9 Å². The van der Waals surface area contributed by atoms with Gasteiger partial charge in [0.25, 0.3) is 0 Å². The third-order valence-corrected chi connectivity index (χ3v) is 5.56. The Balaban J connectivity index is 0.000000504. The Morgan fingerprint density at radius 1 is 1.32 bits per heavy atom. The number of carbonyl (C=O) groups excluding carboxylic acids is 1. The number of amides is 1. The molecule has 0 aromatic heterocycles. The Morgan fingerprint density at radius 2 is 1.92 bits per heavy atom. The molecule has 0 saturated carbocycles. The second-order valence-electron chi connectivity index (χ2n) is 4.54. The largest absolute Gasteiger partial charge is 0.478 e. The molecule has 1 rings (SSSR count). The van der Waals surface area contributed by atoms with Crippen LogP contribution in [0.3, 0.4) is 0 Å². The summed E-state index contributed by atoms with van der Waals surface area (Å²) < 4.78 is 39.3. The van der Waals surface area contributed by atoms with Gasteiger partial charge in [0.05, 0.1) is 6.35 Å². The molecule has 12 heteroatoms. The summed E-state index contributed by atoms with van der Waals surface area (Å²) in [6, 6.07) is 3.71. The minimum Gasteiger partial charge on any atom is -0.478 e. The van der Waals surface area contributed by atoms with Crippen LogP contribution in [0.5, 0.6) is 5.75 Å². The molecule has 1 unspecified atom stereocenters. The van der Waals surface area contributed by atoms with E-state index in [1.807, 2.05) is 0 Å². The van der Waals surface area contributed by atoms with Crippen molar-refractivity contribution in [2.45, 2.75) is 6.92 Å². The number of carboxylic acid groups (broad SMARTS) is 1. The Kier molecular flexibility index (Phi) is 10.1. The number of aromatic hydroxyl groups is 1. The average Bonchev–Trinajstić information content (AvgIpc) is 2.48. The van der Waals surface area contributed by atoms with Crippen LogP contribution in [0.2, 0.25) is 0 Å². The van der Waals surface area contributed by atoms with Crippen molar-refractivity contribution in [1.29, 1.82) is 0 Å². The molecule has 0 aliphatic rings. The van der Waals surface area contributed by atoms with E-state index in [-0.39, 0.29) is 28.3 Å². The predicted molar refractivity (Wildman–Crippen MR) is 90.7 cm³/mol. The Labute approximate surface area is 146 Å². The number of phenolic OH excluding ortho intramolecular Hbond substituents is 1. The molecule has 0 spiro atoms. The molecule has 0 aliphatic heterocycles. The summed E-state index contributed by atoms with van der Waals surface area (Å²) in [7, 11) is -1.97. The summed E-state index contributed by atoms with van der Waals surface area (Å²) in [4.78, 5) is 20.6. The van der Waals surface area contributed by atoms with Crippen molar-refractivity contribution >= 4 is 43.9 Å². The molecule has 6 N–H and O–H groups in total. The fourth-order valence-electron chi connectivity index (χ4n) is 1.43. The first kappa shape index (κ1) is 23.2. The number of benzene rings is 1. The average molecular weight is 439 g/mol. The first-order valence-corrected chi connectivity index (χ1v) is 11.9. The predicted octanol–water partition coefficient (Wildman–Crippen LogP) is -0.952. The first-order valence-electron chi connectivity index (χ1n) is 6.66. The SMILES string of the molecule is CC(=O)Nc1c(O)cccc1[As](=O)(O)O.O=C(O)C=CC[PH](=O)CO. The number of hydrogen-bond donors (Lipinski definition) is 6. The zero-order valence-corrected chi connectivity index (χ0v) is 16.0. The molecule has 0 heterocycles. The molecule has 1 aromatic rings. The molecule has 1 amide bonds. The number of hydrogen-bond acceptors (Lipinski definition) is 6. The summed E-state index contributed by atoms with van der Waals surface area (Å²) in [6.07, 6.45) is 2.00. The van der Waals surface area contributed by atoms with Crippen LogP contribution in [0.1, 0.15) is 6.92 Å². The summed E-state index contributed by atoms with van der Waals surface area (Å²) in [6.45, 7) is 1.18. The molecule has 1 atom stereocenters. The number of aliphatic carboxylic acids is 1. The van der Waals surface area contributed by atoms with Gasteiger partial charge in [-0.2, -0.15) is 0 Å². The van der Waals surface area contributed by atoms with Gasteiger partial charge in [-0.25, -0.2) is 4.79 Å². The summed E-state index contributed by atoms with van der Waals surface area (Å²) in [5.41, 5.74) is -0.225. The van der Waals surface area contributed by atoms with Crippen LogP contribution in [0.25, 0.3) is 0 Å². The van der Waals surface area contributed by atoms with E-state index in [0.717, 1.165) is 6.08 Å². The van der Waals surface area contributed by atoms with Crippen LogP contribution in [-0.4, -0.2) is 62.1 Å². The van der Waals surface area contributed by atoms with E-state index in [4.69, 9.17) is 18.4 Å². The molecular weight excluding hydrogens is 420 g/mol. The van der Waals surface area contributed by atoms with E-state index in [9.17, 15) is 23.0 Å². The van der Waals surface area contributed by atoms with Crippen molar-refractivity contribution in [2.75, 3.05) is 17.8 Å². The van der Waals surface area contributed by atoms with E-state index in [0.29, 0.717) is 0 Å². The molecule has 10 nitrogen and oxygen atoms in total. The minimum atomic E-state index is -5.14. The zero-order chi connectivity index (χ0) is 19.6. The van der Waals surface area contributed by atoms with E-state index in [2.05, 4.69) is 5.32 Å². The summed E-state index contributed by atoms with van der Waals surface area (Å²) >= 11 is -5.14. The van der Waals surface area contributed by atoms with Crippen LogP contribution in [0.15, 0.2) is 30.4 Å². The number of aliphatic hydroxyl groups is 1. The topological polar surface area (TPSA) is 181 Å². The monoisotopic (exact) mass is 439 g/mol. The first-order chi connectivity index (χ1) is 11.5. The van der Waals surface area contributed by atoms with Gasteiger partial charge < -0.3 is 14.8 Å². The van der Waals surface area contributed by atoms with Crippen molar-refractivity contribution in [3.05, 3.63) is 30.4 Å². The van der Waals surface area contributed by atoms with Gasteiger partial charge in [-0.15, -0.1) is 0 Å². The van der Waals surface area contributed by atoms with Crippen molar-refractivity contribution in [3.63, 3.8) is 0 Å². The molecule has 0 radical (unpaired) electrons. The number of anilines is 1. The number of aliphatic hydroxyl groups excluding tert-OH is 1. The van der Waals surface area contributed by atoms with Crippen LogP contribution in [0.4, 0.5) is 5.69 Å². The molecule has 0 fully saturated rings. The number of carboxylic acids is 1. The smallest absolute Gasteiger partial charge is 0.327 e. The number of carbonyl (C=O) groups is 2. The van der Waals surface area contributed by atoms with Gasteiger partial charge in [0, 0.05) is 12.2 Å². The van der Waals surface area contributed by atoms with Gasteiger partial charge in [0.1, 0.15) is 7.80 Å². The van der Waals surface area contributed by atoms with Gasteiger partial charge in [-0.1, -0.05) is 6.08 Å². The quantitative estimate of drug-likeness (QED) is 0.141. The number of rotatable bonds is 6. The fourth-order valence-corrected chi connectivity index (χ4v) is 3.50. The second-order valence-corrected chi connectivity index (χ2v) is 9.63. The van der Waals surface area contributed by atoms with Crippen molar-refractivity contribution in [2.24, 2.45) is 0 Å². The second kappa shape index (κ2) is 10.9. The van der Waals surface area contributed by atoms with Gasteiger partial charge >= 0.3 is 94.1 Å². The molecule has 0 aliphatic carbocycles. The van der Waals surface area contributed by atoms with E-state index < -0.39 is 33.9 Å². The van der Waals surface area contributed by atoms with E-state index in [1.165, 1.54) is 31.2 Å². The maximum Gasteiger partial charge on any atom is 0.327 e. The maximum absolute atomic E-state index is 11.1. The van der Waals surface area contributed by atoms with Crippen molar-refractivity contribution < 1.29 is 41.4 Å². The molecule has 0 bridgehead atoms. The van der Waals surface area contributed by atoms with Crippen LogP contribution >= 0.6 is 7.80 Å². The Bertz CT molecular complexity index is 713. The zero-order valence-electron chi connectivity index (χ0n) is 13.1. The standard InChI is InChI=1S/C8H10AsNO5.C5H9O4P/c1-5(11)10-8-6(9(13,14)15)3-2-4-7(8)12;6-4-10(9)3-1-2-5(7)8/h2-4,12H,1H3,(H,10,11)(H2,13,14,15);1-2,6,10H,3-4H2,(H,7,8). The fraction of sp³-hybridized carbons (Fsp3) is 0.231. The molecule has 140 valence electrons. The van der Waals surface area contributed by atoms with Crippen molar-refractivity contribution in [1.82, 2.24) is 0 Å². The third kappa shape index (κ3) is 9.91. The number of phenols is 1. The van der Waals surface area contributed by atoms with Crippen LogP contribution < -0.4 is 9.67 Å². The summed E-state index contributed by atoms with van der Waals surface area (Å²) in [5, 5.41) is 27.8. The van der Waals surface area contributed by atoms with Crippen LogP contribution in [0, 0.1) is 0 Å². The molecule has 1 aromatic carbocycles. The third-order valence-electron chi connectivity index (χ3n) is 2.42. The molecular formula is C13H19AsNO9P. The Morgan fingerprint density at radius 3 is 2.36 bits per heavy atom. The summed E-state index contributed by atoms with van der Waals surface area (Å²) in [5.74, 6) is -1.94. The van der Waals surface area contributed by atoms with E-state index >= 15 is 0 Å². The van der Waals surface area contributed by atoms with Crippen molar-refractivity contribution in [3.8, 4) is 5.75 Å². The molecule has 25 heavy (non-hydrogen) atoms. The number of nitrogens with one attached hydrogen (secondary N) is 1. The Hall–Kier alpha value is -1.83. The molecule has 0 saturated heterocycles. The van der Waals surface area contributed by atoms with Gasteiger partial charge in [0.2, 0.25) is 0 Å². The van der Waals surface area contributed by atoms with E-state index in [1.54, 1.807) is 0 Å². The van der Waals surface area contributed by atoms with Gasteiger partial charge in [0.15, 0.2) is 0 Å². The normalized spacial score (nSPS) is 12.2. The van der Waals surface area contributed by atoms with Gasteiger partial charge in [-0.05, 0) is 0 Å². The number of para-hydroxylation sites is 1. The maximum atomic E-state index is 11.1.